The highest BCUT2D eigenvalue weighted by Gasteiger charge is 2.22. The number of aromatic nitrogens is 2. The molecule has 0 saturated carbocycles. The van der Waals surface area contributed by atoms with Crippen LogP contribution in [0.3, 0.4) is 0 Å². The van der Waals surface area contributed by atoms with Gasteiger partial charge in [0.05, 0.1) is 16.6 Å². The molecule has 6 aromatic rings. The van der Waals surface area contributed by atoms with Gasteiger partial charge in [0.1, 0.15) is 11.9 Å². The maximum Gasteiger partial charge on any atom is 0.157 e. The van der Waals surface area contributed by atoms with Crippen LogP contribution >= 0.6 is 0 Å². The molecule has 5 nitrogen and oxygen atoms in total. The maximum absolute atomic E-state index is 10.3. The number of benzene rings is 4. The van der Waals surface area contributed by atoms with Crippen molar-refractivity contribution >= 4 is 22.5 Å². The number of pyridine rings is 1. The summed E-state index contributed by atoms with van der Waals surface area (Å²) in [5.41, 5.74) is 12.6. The number of anilines is 1. The number of nitrogens with one attached hydrogen (secondary N) is 1. The molecule has 0 saturated heterocycles. The van der Waals surface area contributed by atoms with E-state index in [1.807, 2.05) is 43.3 Å². The zero-order valence-electron chi connectivity index (χ0n) is 21.9. The largest absolute Gasteiger partial charge is 0.303 e. The molecule has 2 aromatic heterocycles. The number of nitrogens with zero attached hydrogens (tertiary/aromatic N) is 4. The zero-order valence-corrected chi connectivity index (χ0v) is 21.9. The van der Waals surface area contributed by atoms with Crippen molar-refractivity contribution in [1.82, 2.24) is 14.4 Å². The van der Waals surface area contributed by atoms with E-state index in [1.165, 1.54) is 16.7 Å². The Labute approximate surface area is 228 Å². The van der Waals surface area contributed by atoms with Crippen LogP contribution in [-0.2, 0) is 19.5 Å². The number of para-hydroxylation sites is 2. The molecule has 1 N–H and O–H groups in total. The number of nitriles is 1. The molecule has 0 radical (unpaired) electrons. The minimum atomic E-state index is 0.611. The third-order valence-electron chi connectivity index (χ3n) is 7.15. The summed E-state index contributed by atoms with van der Waals surface area (Å²) in [5.74, 6) is 0.936. The van der Waals surface area contributed by atoms with Gasteiger partial charge in [0.25, 0.3) is 0 Å². The van der Waals surface area contributed by atoms with Crippen LogP contribution in [0.25, 0.3) is 16.7 Å². The fraction of sp³-hybridized carbons (Fsp3) is 0.118. The van der Waals surface area contributed by atoms with Crippen molar-refractivity contribution < 1.29 is 0 Å². The monoisotopic (exact) mass is 507 g/mol. The number of rotatable bonds is 8. The van der Waals surface area contributed by atoms with Gasteiger partial charge in [0.2, 0.25) is 0 Å². The molecule has 5 heteroatoms. The van der Waals surface area contributed by atoms with E-state index in [4.69, 9.17) is 4.98 Å². The second kappa shape index (κ2) is 10.8. The van der Waals surface area contributed by atoms with Crippen molar-refractivity contribution in [2.75, 3.05) is 5.43 Å². The van der Waals surface area contributed by atoms with Crippen molar-refractivity contribution in [2.45, 2.75) is 26.4 Å². The quantitative estimate of drug-likeness (QED) is 0.220. The first-order valence-electron chi connectivity index (χ1n) is 13.2. The Morgan fingerprint density at radius 1 is 0.744 bits per heavy atom. The molecule has 0 aliphatic rings. The highest BCUT2D eigenvalue weighted by Crippen LogP contribution is 2.33. The second-order valence-corrected chi connectivity index (χ2v) is 9.80. The molecule has 2 heterocycles. The normalized spacial score (nSPS) is 11.2. The van der Waals surface area contributed by atoms with Crippen LogP contribution in [-0.4, -0.2) is 14.4 Å². The SMILES string of the molecule is Cc1c(Cc2ccccc2)c(NN(Cc2ccccc2)Cc2ccccc2)n2c(nc3ccccc32)c1C#N. The van der Waals surface area contributed by atoms with Crippen molar-refractivity contribution in [2.24, 2.45) is 0 Å². The summed E-state index contributed by atoms with van der Waals surface area (Å²) in [6, 6.07) is 42.0. The lowest BCUT2D eigenvalue weighted by Gasteiger charge is -2.28. The number of hydrazine groups is 1. The fourth-order valence-corrected chi connectivity index (χ4v) is 5.21. The molecular formula is C34H29N5. The third kappa shape index (κ3) is 4.98. The summed E-state index contributed by atoms with van der Waals surface area (Å²) in [6.07, 6.45) is 0.691. The molecule has 190 valence electrons. The molecule has 0 spiro atoms. The van der Waals surface area contributed by atoms with Gasteiger partial charge in [-0.2, -0.15) is 5.26 Å². The van der Waals surface area contributed by atoms with Crippen LogP contribution in [0.4, 0.5) is 5.82 Å². The minimum absolute atomic E-state index is 0.611. The summed E-state index contributed by atoms with van der Waals surface area (Å²) >= 11 is 0. The maximum atomic E-state index is 10.3. The van der Waals surface area contributed by atoms with Crippen LogP contribution in [0.15, 0.2) is 115 Å². The number of hydrogen-bond donors (Lipinski definition) is 1. The molecule has 0 bridgehead atoms. The van der Waals surface area contributed by atoms with Gasteiger partial charge in [-0.15, -0.1) is 0 Å². The molecule has 6 rings (SSSR count). The summed E-state index contributed by atoms with van der Waals surface area (Å²) in [7, 11) is 0. The van der Waals surface area contributed by atoms with Crippen LogP contribution in [0.5, 0.6) is 0 Å². The van der Waals surface area contributed by atoms with E-state index in [0.717, 1.165) is 28.0 Å². The highest BCUT2D eigenvalue weighted by molar-refractivity contribution is 5.86. The lowest BCUT2D eigenvalue weighted by molar-refractivity contribution is 0.311. The Hall–Kier alpha value is -4.92. The van der Waals surface area contributed by atoms with Crippen molar-refractivity contribution in [3.8, 4) is 6.07 Å². The van der Waals surface area contributed by atoms with Crippen LogP contribution in [0.1, 0.15) is 33.4 Å². The average Bonchev–Trinajstić information content (AvgIpc) is 3.36. The van der Waals surface area contributed by atoms with Gasteiger partial charge in [-0.3, -0.25) is 4.40 Å². The third-order valence-corrected chi connectivity index (χ3v) is 7.15. The molecule has 0 atom stereocenters. The van der Waals surface area contributed by atoms with E-state index >= 15 is 0 Å². The Balaban J connectivity index is 1.55. The predicted octanol–water partition coefficient (Wildman–Crippen LogP) is 7.29. The van der Waals surface area contributed by atoms with Crippen molar-refractivity contribution in [3.05, 3.63) is 149 Å². The molecule has 0 unspecified atom stereocenters. The number of fused-ring (bicyclic) bond motifs is 3. The Bertz CT molecular complexity index is 1730. The summed E-state index contributed by atoms with van der Waals surface area (Å²) in [5, 5.41) is 12.5. The van der Waals surface area contributed by atoms with E-state index in [-0.39, 0.29) is 0 Å². The highest BCUT2D eigenvalue weighted by atomic mass is 15.5. The minimum Gasteiger partial charge on any atom is -0.303 e. The smallest absolute Gasteiger partial charge is 0.157 e. The standard InChI is InChI=1S/C34H29N5/c1-25-29(21-26-13-5-2-6-14-26)34(39-32-20-12-11-19-31(32)36-33(39)30(25)22-35)37-38(23-27-15-7-3-8-16-27)24-28-17-9-4-10-18-28/h2-20,37H,21,23-24H2,1H3. The van der Waals surface area contributed by atoms with Gasteiger partial charge >= 0.3 is 0 Å². The molecular weight excluding hydrogens is 478 g/mol. The Morgan fingerprint density at radius 2 is 1.28 bits per heavy atom. The van der Waals surface area contributed by atoms with Gasteiger partial charge in [-0.1, -0.05) is 103 Å². The van der Waals surface area contributed by atoms with Crippen LogP contribution in [0.2, 0.25) is 0 Å². The lowest BCUT2D eigenvalue weighted by atomic mass is 9.98. The summed E-state index contributed by atoms with van der Waals surface area (Å²) in [6.45, 7) is 3.45. The molecule has 0 aliphatic heterocycles. The number of hydrogen-bond acceptors (Lipinski definition) is 4. The fourth-order valence-electron chi connectivity index (χ4n) is 5.21. The zero-order chi connectivity index (χ0) is 26.6. The van der Waals surface area contributed by atoms with E-state index < -0.39 is 0 Å². The van der Waals surface area contributed by atoms with Crippen LogP contribution in [0, 0.1) is 18.3 Å². The Morgan fingerprint density at radius 3 is 1.87 bits per heavy atom. The van der Waals surface area contributed by atoms with Crippen molar-refractivity contribution in [1.29, 1.82) is 5.26 Å². The first kappa shape index (κ1) is 24.4. The van der Waals surface area contributed by atoms with E-state index in [1.54, 1.807) is 0 Å². The van der Waals surface area contributed by atoms with Gasteiger partial charge in [0.15, 0.2) is 5.65 Å². The molecule has 39 heavy (non-hydrogen) atoms. The average molecular weight is 508 g/mol. The summed E-state index contributed by atoms with van der Waals surface area (Å²) in [4.78, 5) is 4.91. The predicted molar refractivity (Wildman–Crippen MR) is 157 cm³/mol. The first-order chi connectivity index (χ1) is 19.2. The topological polar surface area (TPSA) is 56.4 Å². The number of imidazole rings is 1. The van der Waals surface area contributed by atoms with E-state index in [2.05, 4.69) is 99.8 Å². The van der Waals surface area contributed by atoms with E-state index in [9.17, 15) is 5.26 Å². The lowest BCUT2D eigenvalue weighted by Crippen LogP contribution is -2.31. The molecule has 0 amide bonds. The summed E-state index contributed by atoms with van der Waals surface area (Å²) < 4.78 is 2.13. The Kier molecular flexibility index (Phi) is 6.78. The van der Waals surface area contributed by atoms with Gasteiger partial charge in [0, 0.05) is 25.1 Å². The van der Waals surface area contributed by atoms with Crippen LogP contribution < -0.4 is 5.43 Å². The van der Waals surface area contributed by atoms with Gasteiger partial charge in [-0.25, -0.2) is 9.99 Å². The van der Waals surface area contributed by atoms with E-state index in [0.29, 0.717) is 30.7 Å². The molecule has 4 aromatic carbocycles. The first-order valence-corrected chi connectivity index (χ1v) is 13.2. The molecule has 0 fully saturated rings. The van der Waals surface area contributed by atoms with Gasteiger partial charge < -0.3 is 5.43 Å². The molecule has 0 aliphatic carbocycles. The van der Waals surface area contributed by atoms with Crippen molar-refractivity contribution in [3.63, 3.8) is 0 Å². The van der Waals surface area contributed by atoms with Gasteiger partial charge in [-0.05, 0) is 41.3 Å². The second-order valence-electron chi connectivity index (χ2n) is 9.80.